The van der Waals surface area contributed by atoms with Crippen molar-refractivity contribution in [1.82, 2.24) is 4.57 Å². The highest BCUT2D eigenvalue weighted by molar-refractivity contribution is 6.30. The number of hydrogen-bond donors (Lipinski definition) is 1. The molecule has 1 N–H and O–H groups in total. The Hall–Kier alpha value is -5.34. The van der Waals surface area contributed by atoms with Crippen LogP contribution in [-0.4, -0.2) is 34.8 Å². The number of aliphatic carboxylic acids is 1. The van der Waals surface area contributed by atoms with E-state index >= 15 is 0 Å². The van der Waals surface area contributed by atoms with E-state index in [0.717, 1.165) is 5.56 Å². The molecule has 9 heteroatoms. The number of carbonyl (C=O) groups is 2. The number of carboxylic acid groups (broad SMARTS) is 1. The van der Waals surface area contributed by atoms with Gasteiger partial charge in [0, 0.05) is 27.7 Å². The Morgan fingerprint density at radius 2 is 1.61 bits per heavy atom. The van der Waals surface area contributed by atoms with E-state index in [1.807, 2.05) is 44.2 Å². The maximum Gasteiger partial charge on any atom is 0.307 e. The smallest absolute Gasteiger partial charge is 0.307 e. The highest BCUT2D eigenvalue weighted by Crippen LogP contribution is 2.31. The molecule has 0 bridgehead atoms. The van der Waals surface area contributed by atoms with Gasteiger partial charge < -0.3 is 19.0 Å². The molecular formula is C37H32ClNO7. The van der Waals surface area contributed by atoms with Crippen molar-refractivity contribution in [3.63, 3.8) is 0 Å². The lowest BCUT2D eigenvalue weighted by atomic mass is 10.1. The lowest BCUT2D eigenvalue weighted by molar-refractivity contribution is -0.136. The van der Waals surface area contributed by atoms with Crippen LogP contribution in [0.2, 0.25) is 5.02 Å². The first-order valence-electron chi connectivity index (χ1n) is 14.5. The van der Waals surface area contributed by atoms with Crippen LogP contribution in [0.4, 0.5) is 0 Å². The molecule has 0 amide bonds. The summed E-state index contributed by atoms with van der Waals surface area (Å²) in [5, 5.41) is 11.0. The number of carboxylic acids is 1. The molecule has 8 nitrogen and oxygen atoms in total. The summed E-state index contributed by atoms with van der Waals surface area (Å²) in [6, 6.07) is 26.7. The fraction of sp³-hybridized carbons (Fsp3) is 0.162. The van der Waals surface area contributed by atoms with E-state index in [1.165, 1.54) is 10.8 Å². The average Bonchev–Trinajstić information content (AvgIpc) is 3.31. The van der Waals surface area contributed by atoms with Crippen LogP contribution in [0.15, 0.2) is 106 Å². The SMILES string of the molecule is CC(C)Oc1ccc2c(=O)c(-c3ccccc3)coc2c1.COc1ccc2c(c1)c(CC(=O)O)c(C)n2C(=O)c1ccc(Cl)cc1. The van der Waals surface area contributed by atoms with E-state index in [4.69, 9.17) is 25.5 Å². The van der Waals surface area contributed by atoms with Gasteiger partial charge in [-0.1, -0.05) is 41.9 Å². The van der Waals surface area contributed by atoms with Crippen molar-refractivity contribution in [3.05, 3.63) is 129 Å². The second-order valence-electron chi connectivity index (χ2n) is 10.8. The van der Waals surface area contributed by atoms with Crippen LogP contribution >= 0.6 is 11.6 Å². The second-order valence-corrected chi connectivity index (χ2v) is 11.3. The van der Waals surface area contributed by atoms with E-state index in [0.29, 0.717) is 60.8 Å². The van der Waals surface area contributed by atoms with Crippen LogP contribution in [-0.2, 0) is 11.2 Å². The molecule has 0 fully saturated rings. The highest BCUT2D eigenvalue weighted by atomic mass is 35.5. The van der Waals surface area contributed by atoms with Crippen LogP contribution in [0.5, 0.6) is 11.5 Å². The molecule has 0 saturated carbocycles. The van der Waals surface area contributed by atoms with Crippen LogP contribution in [0, 0.1) is 6.92 Å². The quantitative estimate of drug-likeness (QED) is 0.188. The maximum atomic E-state index is 13.0. The Bertz CT molecular complexity index is 2100. The van der Waals surface area contributed by atoms with Crippen molar-refractivity contribution >= 4 is 45.3 Å². The molecule has 2 aromatic heterocycles. The summed E-state index contributed by atoms with van der Waals surface area (Å²) in [6.07, 6.45) is 1.42. The van der Waals surface area contributed by atoms with Crippen molar-refractivity contribution < 1.29 is 28.6 Å². The first-order chi connectivity index (χ1) is 22.1. The van der Waals surface area contributed by atoms with Gasteiger partial charge >= 0.3 is 5.97 Å². The number of ether oxygens (including phenoxy) is 2. The predicted octanol–water partition coefficient (Wildman–Crippen LogP) is 8.17. The summed E-state index contributed by atoms with van der Waals surface area (Å²) in [7, 11) is 1.54. The summed E-state index contributed by atoms with van der Waals surface area (Å²) >= 11 is 5.89. The molecule has 0 spiro atoms. The summed E-state index contributed by atoms with van der Waals surface area (Å²) in [5.74, 6) is 0.119. The number of halogens is 1. The Morgan fingerprint density at radius 1 is 0.913 bits per heavy atom. The van der Waals surface area contributed by atoms with E-state index in [1.54, 1.807) is 74.7 Å². The molecule has 0 aliphatic carbocycles. The molecule has 234 valence electrons. The third kappa shape index (κ3) is 6.82. The van der Waals surface area contributed by atoms with Gasteiger partial charge in [-0.3, -0.25) is 19.0 Å². The third-order valence-corrected chi connectivity index (χ3v) is 7.62. The predicted molar refractivity (Wildman–Crippen MR) is 179 cm³/mol. The molecule has 6 rings (SSSR count). The van der Waals surface area contributed by atoms with Gasteiger partial charge in [0.25, 0.3) is 5.91 Å². The standard InChI is InChI=1S/C19H16ClNO4.C18H16O3/c1-11-15(10-18(22)23)16-9-14(25-2)7-8-17(16)21(11)19(24)12-3-5-13(20)6-4-12;1-12(2)21-14-8-9-15-17(10-14)20-11-16(18(15)19)13-6-4-3-5-7-13/h3-9H,10H2,1-2H3,(H,22,23);3-12H,1-2H3. The first kappa shape index (κ1) is 32.1. The molecule has 0 unspecified atom stereocenters. The van der Waals surface area contributed by atoms with Crippen LogP contribution < -0.4 is 14.9 Å². The largest absolute Gasteiger partial charge is 0.497 e. The van der Waals surface area contributed by atoms with Crippen molar-refractivity contribution in [1.29, 1.82) is 0 Å². The van der Waals surface area contributed by atoms with Crippen molar-refractivity contribution in [3.8, 4) is 22.6 Å². The molecule has 6 aromatic rings. The fourth-order valence-corrected chi connectivity index (χ4v) is 5.34. The molecule has 0 saturated heterocycles. The second kappa shape index (κ2) is 13.7. The zero-order valence-corrected chi connectivity index (χ0v) is 26.5. The number of benzene rings is 4. The lowest BCUT2D eigenvalue weighted by Gasteiger charge is -2.10. The number of hydrogen-bond acceptors (Lipinski definition) is 6. The van der Waals surface area contributed by atoms with E-state index < -0.39 is 5.97 Å². The number of aromatic nitrogens is 1. The normalized spacial score (nSPS) is 10.9. The van der Waals surface area contributed by atoms with Crippen LogP contribution in [0.1, 0.15) is 35.5 Å². The lowest BCUT2D eigenvalue weighted by Crippen LogP contribution is -2.14. The van der Waals surface area contributed by atoms with Gasteiger partial charge in [-0.15, -0.1) is 0 Å². The minimum Gasteiger partial charge on any atom is -0.497 e. The summed E-state index contributed by atoms with van der Waals surface area (Å²) in [6.45, 7) is 5.66. The van der Waals surface area contributed by atoms with Crippen molar-refractivity contribution in [2.24, 2.45) is 0 Å². The van der Waals surface area contributed by atoms with Gasteiger partial charge in [-0.05, 0) is 86.5 Å². The van der Waals surface area contributed by atoms with E-state index in [2.05, 4.69) is 0 Å². The van der Waals surface area contributed by atoms with Gasteiger partial charge in [0.15, 0.2) is 5.43 Å². The minimum absolute atomic E-state index is 0.0291. The number of carbonyl (C=O) groups excluding carboxylic acids is 1. The fourth-order valence-electron chi connectivity index (χ4n) is 5.22. The third-order valence-electron chi connectivity index (χ3n) is 7.37. The summed E-state index contributed by atoms with van der Waals surface area (Å²) < 4.78 is 18.0. The zero-order valence-electron chi connectivity index (χ0n) is 25.7. The maximum absolute atomic E-state index is 13.0. The van der Waals surface area contributed by atoms with Gasteiger partial charge in [-0.25, -0.2) is 0 Å². The molecule has 0 atom stereocenters. The summed E-state index contributed by atoms with van der Waals surface area (Å²) in [5.41, 5.74) is 4.26. The molecule has 0 aliphatic heterocycles. The first-order valence-corrected chi connectivity index (χ1v) is 14.9. The minimum atomic E-state index is -0.955. The Labute approximate surface area is 270 Å². The highest BCUT2D eigenvalue weighted by Gasteiger charge is 2.22. The number of methoxy groups -OCH3 is 1. The topological polar surface area (TPSA) is 108 Å². The molecule has 4 aromatic carbocycles. The van der Waals surface area contributed by atoms with Crippen LogP contribution in [0.25, 0.3) is 33.0 Å². The van der Waals surface area contributed by atoms with Gasteiger partial charge in [-0.2, -0.15) is 0 Å². The molecule has 2 heterocycles. The van der Waals surface area contributed by atoms with E-state index in [-0.39, 0.29) is 23.9 Å². The summed E-state index contributed by atoms with van der Waals surface area (Å²) in [4.78, 5) is 36.8. The molecule has 0 radical (unpaired) electrons. The molecule has 46 heavy (non-hydrogen) atoms. The Morgan fingerprint density at radius 3 is 2.26 bits per heavy atom. The van der Waals surface area contributed by atoms with Crippen LogP contribution in [0.3, 0.4) is 0 Å². The van der Waals surface area contributed by atoms with Gasteiger partial charge in [0.2, 0.25) is 0 Å². The number of fused-ring (bicyclic) bond motifs is 2. The monoisotopic (exact) mass is 637 g/mol. The average molecular weight is 638 g/mol. The van der Waals surface area contributed by atoms with Gasteiger partial charge in [0.05, 0.1) is 36.1 Å². The zero-order chi connectivity index (χ0) is 33.0. The molecule has 0 aliphatic rings. The van der Waals surface area contributed by atoms with Crippen molar-refractivity contribution in [2.45, 2.75) is 33.3 Å². The van der Waals surface area contributed by atoms with Gasteiger partial charge in [0.1, 0.15) is 23.3 Å². The Kier molecular flexibility index (Phi) is 9.58. The number of nitrogens with zero attached hydrogens (tertiary/aromatic N) is 1. The molecular weight excluding hydrogens is 606 g/mol. The Balaban J connectivity index is 0.000000184. The van der Waals surface area contributed by atoms with Crippen molar-refractivity contribution in [2.75, 3.05) is 7.11 Å². The number of rotatable bonds is 7. The van der Waals surface area contributed by atoms with E-state index in [9.17, 15) is 19.5 Å².